The number of carboxylic acid groups (broad SMARTS) is 1. The van der Waals surface area contributed by atoms with E-state index in [4.69, 9.17) is 14.6 Å². The molecule has 0 bridgehead atoms. The fraction of sp³-hybridized carbons (Fsp3) is 0.552. The average Bonchev–Trinajstić information content (AvgIpc) is 2.90. The molecule has 2 aromatic rings. The van der Waals surface area contributed by atoms with Crippen molar-refractivity contribution in [1.82, 2.24) is 10.2 Å². The number of hydrogen-bond donors (Lipinski definition) is 4. The molecule has 0 amide bonds. The van der Waals surface area contributed by atoms with Crippen molar-refractivity contribution in [3.05, 3.63) is 47.5 Å². The van der Waals surface area contributed by atoms with Crippen LogP contribution in [0, 0.1) is 19.8 Å². The van der Waals surface area contributed by atoms with E-state index in [9.17, 15) is 15.0 Å². The molecule has 0 saturated carbocycles. The minimum atomic E-state index is -0.732. The Balaban J connectivity index is 1.52. The first-order chi connectivity index (χ1) is 17.9. The molecule has 204 valence electrons. The van der Waals surface area contributed by atoms with E-state index in [-0.39, 0.29) is 12.5 Å². The number of ether oxygens (including phenoxy) is 2. The molecule has 1 unspecified atom stereocenters. The molecule has 1 aliphatic heterocycles. The predicted octanol–water partition coefficient (Wildman–Crippen LogP) is 3.25. The molecule has 0 aromatic heterocycles. The first kappa shape index (κ1) is 28.9. The van der Waals surface area contributed by atoms with Crippen molar-refractivity contribution in [2.75, 3.05) is 52.5 Å². The van der Waals surface area contributed by atoms with Gasteiger partial charge in [0.05, 0.1) is 31.8 Å². The van der Waals surface area contributed by atoms with E-state index in [1.807, 2.05) is 24.3 Å². The van der Waals surface area contributed by atoms with Gasteiger partial charge in [-0.1, -0.05) is 24.3 Å². The van der Waals surface area contributed by atoms with Gasteiger partial charge in [-0.25, -0.2) is 0 Å². The zero-order valence-corrected chi connectivity index (χ0v) is 22.1. The maximum Gasteiger partial charge on any atom is 0.307 e. The zero-order chi connectivity index (χ0) is 26.6. The first-order valence-corrected chi connectivity index (χ1v) is 13.3. The first-order valence-electron chi connectivity index (χ1n) is 13.3. The quantitative estimate of drug-likeness (QED) is 0.268. The Bertz CT molecular complexity index is 998. The van der Waals surface area contributed by atoms with E-state index in [1.54, 1.807) is 0 Å². The summed E-state index contributed by atoms with van der Waals surface area (Å²) in [6.07, 6.45) is 2.62. The molecule has 3 rings (SSSR count). The summed E-state index contributed by atoms with van der Waals surface area (Å²) in [5, 5.41) is 30.6. The van der Waals surface area contributed by atoms with Gasteiger partial charge in [0.25, 0.3) is 0 Å². The summed E-state index contributed by atoms with van der Waals surface area (Å²) in [5.41, 5.74) is 4.38. The van der Waals surface area contributed by atoms with Crippen molar-refractivity contribution in [2.24, 2.45) is 5.92 Å². The lowest BCUT2D eigenvalue weighted by atomic mass is 9.95. The van der Waals surface area contributed by atoms with Gasteiger partial charge in [-0.3, -0.25) is 4.79 Å². The highest BCUT2D eigenvalue weighted by Gasteiger charge is 2.24. The van der Waals surface area contributed by atoms with Gasteiger partial charge in [-0.15, -0.1) is 0 Å². The van der Waals surface area contributed by atoms with Crippen LogP contribution in [-0.4, -0.2) is 84.8 Å². The molecule has 0 spiro atoms. The maximum absolute atomic E-state index is 11.3. The molecule has 37 heavy (non-hydrogen) atoms. The van der Waals surface area contributed by atoms with Crippen molar-refractivity contribution in [3.8, 4) is 22.6 Å². The number of aliphatic hydroxyl groups excluding tert-OH is 2. The lowest BCUT2D eigenvalue weighted by Gasteiger charge is -2.30. The molecule has 0 radical (unpaired) electrons. The average molecular weight is 515 g/mol. The van der Waals surface area contributed by atoms with Crippen LogP contribution in [0.1, 0.15) is 36.8 Å². The highest BCUT2D eigenvalue weighted by atomic mass is 16.5. The lowest BCUT2D eigenvalue weighted by Crippen LogP contribution is -2.39. The molecular formula is C29H42N2O6. The van der Waals surface area contributed by atoms with Crippen LogP contribution in [0.4, 0.5) is 0 Å². The van der Waals surface area contributed by atoms with E-state index >= 15 is 0 Å². The number of piperidine rings is 1. The molecule has 1 saturated heterocycles. The predicted molar refractivity (Wildman–Crippen MR) is 144 cm³/mol. The fourth-order valence-electron chi connectivity index (χ4n) is 4.77. The van der Waals surface area contributed by atoms with Crippen molar-refractivity contribution in [3.63, 3.8) is 0 Å². The van der Waals surface area contributed by atoms with Crippen LogP contribution in [-0.2, 0) is 4.79 Å². The van der Waals surface area contributed by atoms with E-state index < -0.39 is 12.1 Å². The van der Waals surface area contributed by atoms with E-state index in [2.05, 4.69) is 36.2 Å². The molecule has 1 aliphatic rings. The van der Waals surface area contributed by atoms with Crippen LogP contribution in [0.25, 0.3) is 11.1 Å². The number of nitrogens with one attached hydrogen (secondary N) is 1. The Morgan fingerprint density at radius 2 is 1.68 bits per heavy atom. The van der Waals surface area contributed by atoms with Crippen molar-refractivity contribution < 1.29 is 29.6 Å². The summed E-state index contributed by atoms with van der Waals surface area (Å²) in [4.78, 5) is 13.5. The molecule has 1 fully saturated rings. The van der Waals surface area contributed by atoms with Crippen molar-refractivity contribution >= 4 is 5.97 Å². The van der Waals surface area contributed by atoms with Crippen LogP contribution >= 0.6 is 0 Å². The Labute approximate surface area is 220 Å². The maximum atomic E-state index is 11.3. The zero-order valence-electron chi connectivity index (χ0n) is 22.1. The normalized spacial score (nSPS) is 16.9. The van der Waals surface area contributed by atoms with Gasteiger partial charge >= 0.3 is 5.97 Å². The number of carbonyl (C=O) groups is 1. The van der Waals surface area contributed by atoms with Crippen LogP contribution in [0.3, 0.4) is 0 Å². The van der Waals surface area contributed by atoms with E-state index in [0.717, 1.165) is 72.5 Å². The summed E-state index contributed by atoms with van der Waals surface area (Å²) in [6.45, 7) is 8.54. The topological polar surface area (TPSA) is 111 Å². The Morgan fingerprint density at radius 3 is 2.27 bits per heavy atom. The molecule has 0 aliphatic carbocycles. The summed E-state index contributed by atoms with van der Waals surface area (Å²) in [6, 6.07) is 12.2. The van der Waals surface area contributed by atoms with E-state index in [0.29, 0.717) is 32.8 Å². The van der Waals surface area contributed by atoms with Crippen LogP contribution in [0.15, 0.2) is 36.4 Å². The third kappa shape index (κ3) is 8.71. The SMILES string of the molecule is Cc1c(OCCCNCC(O)CO)cccc1-c1cccc(OCCCN2CCC[C@H](C(=O)O)C2)c1C. The molecular weight excluding hydrogens is 472 g/mol. The van der Waals surface area contributed by atoms with Crippen molar-refractivity contribution in [2.45, 2.75) is 45.6 Å². The van der Waals surface area contributed by atoms with Gasteiger partial charge in [-0.2, -0.15) is 0 Å². The largest absolute Gasteiger partial charge is 0.493 e. The number of benzene rings is 2. The Hall–Kier alpha value is -2.65. The Morgan fingerprint density at radius 1 is 1.05 bits per heavy atom. The lowest BCUT2D eigenvalue weighted by molar-refractivity contribution is -0.143. The summed E-state index contributed by atoms with van der Waals surface area (Å²) in [7, 11) is 0. The number of carboxylic acids is 1. The molecule has 8 nitrogen and oxygen atoms in total. The van der Waals surface area contributed by atoms with Gasteiger partial charge in [0.1, 0.15) is 11.5 Å². The smallest absolute Gasteiger partial charge is 0.307 e. The standard InChI is InChI=1S/C29H42N2O6/c1-21-25(9-3-11-27(21)36-16-6-13-30-18-24(33)20-32)26-10-4-12-28(22(26)2)37-17-7-15-31-14-5-8-23(19-31)29(34)35/h3-4,9-12,23-24,30,32-33H,5-8,13-20H2,1-2H3,(H,34,35)/t23-,24?/m0/s1. The monoisotopic (exact) mass is 514 g/mol. The third-order valence-corrected chi connectivity index (χ3v) is 6.94. The van der Waals surface area contributed by atoms with Gasteiger partial charge in [0, 0.05) is 19.6 Å². The van der Waals surface area contributed by atoms with Gasteiger partial charge < -0.3 is 35.0 Å². The number of aliphatic hydroxyl groups is 2. The number of nitrogens with zero attached hydrogens (tertiary/aromatic N) is 1. The second-order valence-electron chi connectivity index (χ2n) is 9.78. The highest BCUT2D eigenvalue weighted by molar-refractivity contribution is 5.74. The van der Waals surface area contributed by atoms with Gasteiger partial charge in [0.15, 0.2) is 0 Å². The minimum Gasteiger partial charge on any atom is -0.493 e. The molecule has 8 heteroatoms. The number of hydrogen-bond acceptors (Lipinski definition) is 7. The number of aliphatic carboxylic acids is 1. The molecule has 2 aromatic carbocycles. The summed E-state index contributed by atoms with van der Waals surface area (Å²) < 4.78 is 12.2. The summed E-state index contributed by atoms with van der Waals surface area (Å²) >= 11 is 0. The number of rotatable bonds is 15. The van der Waals surface area contributed by atoms with Gasteiger partial charge in [-0.05, 0) is 87.0 Å². The molecule has 2 atom stereocenters. The van der Waals surface area contributed by atoms with Crippen LogP contribution < -0.4 is 14.8 Å². The Kier molecular flexibility index (Phi) is 11.7. The van der Waals surface area contributed by atoms with Gasteiger partial charge in [0.2, 0.25) is 0 Å². The molecule has 4 N–H and O–H groups in total. The third-order valence-electron chi connectivity index (χ3n) is 6.94. The second-order valence-corrected chi connectivity index (χ2v) is 9.78. The van der Waals surface area contributed by atoms with Crippen LogP contribution in [0.2, 0.25) is 0 Å². The van der Waals surface area contributed by atoms with Crippen molar-refractivity contribution in [1.29, 1.82) is 0 Å². The number of likely N-dealkylation sites (tertiary alicyclic amines) is 1. The fourth-order valence-corrected chi connectivity index (χ4v) is 4.77. The van der Waals surface area contributed by atoms with E-state index in [1.165, 1.54) is 0 Å². The van der Waals surface area contributed by atoms with Crippen LogP contribution in [0.5, 0.6) is 11.5 Å². The molecule has 1 heterocycles. The minimum absolute atomic E-state index is 0.241. The second kappa shape index (κ2) is 14.9. The summed E-state index contributed by atoms with van der Waals surface area (Å²) in [5.74, 6) is 0.769. The highest BCUT2D eigenvalue weighted by Crippen LogP contribution is 2.35.